The van der Waals surface area contributed by atoms with Crippen molar-refractivity contribution >= 4 is 17.5 Å². The number of rotatable bonds is 4. The van der Waals surface area contributed by atoms with Crippen LogP contribution in [-0.2, 0) is 25.7 Å². The van der Waals surface area contributed by atoms with E-state index in [0.29, 0.717) is 23.5 Å². The number of carbonyl (C=O) groups excluding carboxylic acids is 2. The molecule has 5 heteroatoms. The van der Waals surface area contributed by atoms with Gasteiger partial charge in [-0.25, -0.2) is 9.59 Å². The molecule has 26 heavy (non-hydrogen) atoms. The van der Waals surface area contributed by atoms with Crippen LogP contribution in [-0.4, -0.2) is 17.7 Å². The summed E-state index contributed by atoms with van der Waals surface area (Å²) in [4.78, 5) is 24.6. The summed E-state index contributed by atoms with van der Waals surface area (Å²) >= 11 is 0. The summed E-state index contributed by atoms with van der Waals surface area (Å²) < 4.78 is 16.3. The molecule has 0 spiro atoms. The Balaban J connectivity index is 1.91. The minimum absolute atomic E-state index is 0.111. The SMILES string of the molecule is CC(=C1C(=O)OC(C)(C)OC1=O)c1ccccc1OCc1ccccc1. The van der Waals surface area contributed by atoms with Gasteiger partial charge in [-0.3, -0.25) is 0 Å². The first-order valence-electron chi connectivity index (χ1n) is 8.31. The molecule has 1 fully saturated rings. The molecule has 1 aliphatic rings. The first-order chi connectivity index (χ1) is 12.4. The van der Waals surface area contributed by atoms with Crippen molar-refractivity contribution in [2.24, 2.45) is 0 Å². The van der Waals surface area contributed by atoms with Crippen LogP contribution in [0.15, 0.2) is 60.2 Å². The van der Waals surface area contributed by atoms with E-state index >= 15 is 0 Å². The molecule has 1 saturated heterocycles. The standard InChI is InChI=1S/C21H20O5/c1-14(18-19(22)25-21(2,3)26-20(18)23)16-11-7-8-12-17(16)24-13-15-9-5-4-6-10-15/h4-12H,13H2,1-3H3. The van der Waals surface area contributed by atoms with Crippen LogP contribution in [0.1, 0.15) is 31.9 Å². The third kappa shape index (κ3) is 3.77. The molecule has 2 aromatic rings. The Morgan fingerprint density at radius 3 is 2.15 bits per heavy atom. The molecule has 1 heterocycles. The first-order valence-corrected chi connectivity index (χ1v) is 8.31. The minimum atomic E-state index is -1.26. The van der Waals surface area contributed by atoms with Crippen molar-refractivity contribution in [1.82, 2.24) is 0 Å². The number of allylic oxidation sites excluding steroid dienone is 1. The molecular weight excluding hydrogens is 332 g/mol. The van der Waals surface area contributed by atoms with Crippen LogP contribution >= 0.6 is 0 Å². The number of esters is 2. The maximum atomic E-state index is 12.3. The van der Waals surface area contributed by atoms with Crippen LogP contribution in [0.25, 0.3) is 5.57 Å². The van der Waals surface area contributed by atoms with Crippen molar-refractivity contribution in [1.29, 1.82) is 0 Å². The monoisotopic (exact) mass is 352 g/mol. The summed E-state index contributed by atoms with van der Waals surface area (Å²) in [6.07, 6.45) is 0. The lowest BCUT2D eigenvalue weighted by Crippen LogP contribution is -2.42. The van der Waals surface area contributed by atoms with E-state index in [1.54, 1.807) is 19.1 Å². The lowest BCUT2D eigenvalue weighted by molar-refractivity contribution is -0.222. The second kappa shape index (κ2) is 7.04. The fraction of sp³-hybridized carbons (Fsp3) is 0.238. The van der Waals surface area contributed by atoms with Gasteiger partial charge in [0.1, 0.15) is 17.9 Å². The molecule has 0 atom stereocenters. The van der Waals surface area contributed by atoms with Gasteiger partial charge in [0.05, 0.1) is 0 Å². The Kier molecular flexibility index (Phi) is 4.80. The summed E-state index contributed by atoms with van der Waals surface area (Å²) in [7, 11) is 0. The summed E-state index contributed by atoms with van der Waals surface area (Å²) in [5.41, 5.74) is 2.01. The van der Waals surface area contributed by atoms with Gasteiger partial charge in [0.15, 0.2) is 0 Å². The number of cyclic esters (lactones) is 2. The van der Waals surface area contributed by atoms with E-state index in [4.69, 9.17) is 14.2 Å². The van der Waals surface area contributed by atoms with Gasteiger partial charge in [0.2, 0.25) is 0 Å². The zero-order chi connectivity index (χ0) is 18.7. The molecule has 3 rings (SSSR count). The average Bonchev–Trinajstić information content (AvgIpc) is 2.59. The highest BCUT2D eigenvalue weighted by atomic mass is 16.7. The Labute approximate surface area is 152 Å². The van der Waals surface area contributed by atoms with Gasteiger partial charge < -0.3 is 14.2 Å². The highest BCUT2D eigenvalue weighted by Crippen LogP contribution is 2.33. The van der Waals surface area contributed by atoms with Crippen molar-refractivity contribution in [2.75, 3.05) is 0 Å². The minimum Gasteiger partial charge on any atom is -0.488 e. The predicted molar refractivity (Wildman–Crippen MR) is 96.1 cm³/mol. The zero-order valence-electron chi connectivity index (χ0n) is 14.9. The molecule has 0 aromatic heterocycles. The Bertz CT molecular complexity index is 843. The summed E-state index contributed by atoms with van der Waals surface area (Å²) in [5, 5.41) is 0. The van der Waals surface area contributed by atoms with Crippen molar-refractivity contribution in [3.63, 3.8) is 0 Å². The van der Waals surface area contributed by atoms with Gasteiger partial charge in [-0.1, -0.05) is 48.5 Å². The topological polar surface area (TPSA) is 61.8 Å². The Morgan fingerprint density at radius 1 is 0.923 bits per heavy atom. The molecule has 5 nitrogen and oxygen atoms in total. The van der Waals surface area contributed by atoms with Crippen molar-refractivity contribution < 1.29 is 23.8 Å². The van der Waals surface area contributed by atoms with E-state index in [1.807, 2.05) is 42.5 Å². The molecule has 2 aromatic carbocycles. The molecule has 0 unspecified atom stereocenters. The normalized spacial score (nSPS) is 15.9. The highest BCUT2D eigenvalue weighted by molar-refractivity contribution is 6.21. The van der Waals surface area contributed by atoms with Crippen LogP contribution < -0.4 is 4.74 Å². The molecule has 0 radical (unpaired) electrons. The van der Waals surface area contributed by atoms with Gasteiger partial charge >= 0.3 is 11.9 Å². The Hall–Kier alpha value is -3.08. The molecule has 0 N–H and O–H groups in total. The quantitative estimate of drug-likeness (QED) is 0.475. The van der Waals surface area contributed by atoms with E-state index in [1.165, 1.54) is 13.8 Å². The van der Waals surface area contributed by atoms with Gasteiger partial charge in [-0.2, -0.15) is 0 Å². The van der Waals surface area contributed by atoms with Gasteiger partial charge in [-0.05, 0) is 24.1 Å². The van der Waals surface area contributed by atoms with E-state index in [0.717, 1.165) is 5.56 Å². The second-order valence-corrected chi connectivity index (χ2v) is 6.45. The lowest BCUT2D eigenvalue weighted by Gasteiger charge is -2.30. The molecule has 0 bridgehead atoms. The van der Waals surface area contributed by atoms with Gasteiger partial charge in [-0.15, -0.1) is 0 Å². The molecule has 1 aliphatic heterocycles. The number of hydrogen-bond acceptors (Lipinski definition) is 5. The zero-order valence-corrected chi connectivity index (χ0v) is 14.9. The van der Waals surface area contributed by atoms with Crippen LogP contribution in [0.2, 0.25) is 0 Å². The summed E-state index contributed by atoms with van der Waals surface area (Å²) in [6, 6.07) is 17.0. The van der Waals surface area contributed by atoms with Crippen LogP contribution in [0, 0.1) is 0 Å². The third-order valence-electron chi connectivity index (χ3n) is 3.99. The maximum Gasteiger partial charge on any atom is 0.349 e. The largest absolute Gasteiger partial charge is 0.488 e. The third-order valence-corrected chi connectivity index (χ3v) is 3.99. The van der Waals surface area contributed by atoms with E-state index in [9.17, 15) is 9.59 Å². The van der Waals surface area contributed by atoms with Crippen LogP contribution in [0.4, 0.5) is 0 Å². The fourth-order valence-corrected chi connectivity index (χ4v) is 2.73. The van der Waals surface area contributed by atoms with E-state index in [-0.39, 0.29) is 5.57 Å². The molecule has 0 saturated carbocycles. The first kappa shape index (κ1) is 17.7. The summed E-state index contributed by atoms with van der Waals surface area (Å²) in [5.74, 6) is -2.07. The van der Waals surface area contributed by atoms with E-state index in [2.05, 4.69) is 0 Å². The average molecular weight is 352 g/mol. The molecule has 134 valence electrons. The Morgan fingerprint density at radius 2 is 1.50 bits per heavy atom. The number of hydrogen-bond donors (Lipinski definition) is 0. The highest BCUT2D eigenvalue weighted by Gasteiger charge is 2.40. The van der Waals surface area contributed by atoms with Gasteiger partial charge in [0, 0.05) is 19.4 Å². The second-order valence-electron chi connectivity index (χ2n) is 6.45. The van der Waals surface area contributed by atoms with Crippen LogP contribution in [0.5, 0.6) is 5.75 Å². The summed E-state index contributed by atoms with van der Waals surface area (Å²) in [6.45, 7) is 5.10. The van der Waals surface area contributed by atoms with Crippen molar-refractivity contribution in [3.05, 3.63) is 71.3 Å². The predicted octanol–water partition coefficient (Wildman–Crippen LogP) is 3.88. The van der Waals surface area contributed by atoms with E-state index < -0.39 is 17.7 Å². The number of para-hydroxylation sites is 1. The maximum absolute atomic E-state index is 12.3. The fourth-order valence-electron chi connectivity index (χ4n) is 2.73. The molecular formula is C21H20O5. The number of ether oxygens (including phenoxy) is 3. The van der Waals surface area contributed by atoms with Crippen LogP contribution in [0.3, 0.4) is 0 Å². The smallest absolute Gasteiger partial charge is 0.349 e. The lowest BCUT2D eigenvalue weighted by atomic mass is 9.99. The molecule has 0 aliphatic carbocycles. The number of benzene rings is 2. The number of carbonyl (C=O) groups is 2. The van der Waals surface area contributed by atoms with Gasteiger partial charge in [0.25, 0.3) is 5.79 Å². The van der Waals surface area contributed by atoms with Crippen molar-refractivity contribution in [3.8, 4) is 5.75 Å². The molecule has 0 amide bonds. The van der Waals surface area contributed by atoms with Crippen molar-refractivity contribution in [2.45, 2.75) is 33.2 Å².